The molecule has 1 aromatic rings. The van der Waals surface area contributed by atoms with E-state index in [1.54, 1.807) is 12.3 Å². The third-order valence-corrected chi connectivity index (χ3v) is 4.08. The summed E-state index contributed by atoms with van der Waals surface area (Å²) in [5, 5.41) is 3.26. The molecule has 24 heavy (non-hydrogen) atoms. The van der Waals surface area contributed by atoms with Gasteiger partial charge in [-0.25, -0.2) is 0 Å². The van der Waals surface area contributed by atoms with Crippen LogP contribution < -0.4 is 14.8 Å². The number of nitrogens with one attached hydrogen (secondary N) is 1. The third-order valence-electron chi connectivity index (χ3n) is 4.08. The Morgan fingerprint density at radius 2 is 1.92 bits per heavy atom. The van der Waals surface area contributed by atoms with Gasteiger partial charge in [0.25, 0.3) is 0 Å². The Kier molecular flexibility index (Phi) is 4.79. The van der Waals surface area contributed by atoms with Gasteiger partial charge in [0, 0.05) is 31.7 Å². The van der Waals surface area contributed by atoms with Crippen molar-refractivity contribution in [2.45, 2.75) is 31.6 Å². The highest BCUT2D eigenvalue weighted by Crippen LogP contribution is 2.29. The van der Waals surface area contributed by atoms with Gasteiger partial charge in [-0.05, 0) is 12.8 Å². The van der Waals surface area contributed by atoms with Crippen LogP contribution in [0, 0.1) is 0 Å². The molecule has 132 valence electrons. The number of fused-ring (bicyclic) bond motifs is 1. The smallest absolute Gasteiger partial charge is 0.471 e. The summed E-state index contributed by atoms with van der Waals surface area (Å²) in [5.41, 5.74) is 0.771. The van der Waals surface area contributed by atoms with E-state index < -0.39 is 12.1 Å². The Morgan fingerprint density at radius 3 is 2.58 bits per heavy atom. The van der Waals surface area contributed by atoms with Crippen LogP contribution >= 0.6 is 0 Å². The number of nitrogens with zero attached hydrogens (tertiary/aromatic N) is 2. The molecule has 0 radical (unpaired) electrons. The van der Waals surface area contributed by atoms with Gasteiger partial charge in [-0.15, -0.1) is 0 Å². The van der Waals surface area contributed by atoms with Gasteiger partial charge >= 0.3 is 12.1 Å². The van der Waals surface area contributed by atoms with Crippen molar-refractivity contribution in [1.82, 2.24) is 15.2 Å². The van der Waals surface area contributed by atoms with E-state index in [1.807, 2.05) is 0 Å². The first-order valence-electron chi connectivity index (χ1n) is 7.77. The molecule has 0 saturated carbocycles. The number of amides is 1. The summed E-state index contributed by atoms with van der Waals surface area (Å²) in [4.78, 5) is 16.3. The van der Waals surface area contributed by atoms with Gasteiger partial charge in [0.05, 0.1) is 11.9 Å². The van der Waals surface area contributed by atoms with Crippen molar-refractivity contribution in [3.63, 3.8) is 0 Å². The van der Waals surface area contributed by atoms with Gasteiger partial charge in [-0.3, -0.25) is 9.78 Å². The molecule has 0 atom stereocenters. The maximum absolute atomic E-state index is 12.4. The van der Waals surface area contributed by atoms with E-state index in [2.05, 4.69) is 10.3 Å². The van der Waals surface area contributed by atoms with Crippen molar-refractivity contribution in [3.8, 4) is 11.5 Å². The summed E-state index contributed by atoms with van der Waals surface area (Å²) >= 11 is 0. The fourth-order valence-electron chi connectivity index (χ4n) is 2.80. The molecule has 0 aromatic carbocycles. The molecule has 1 fully saturated rings. The number of aromatic nitrogens is 1. The molecular formula is C15H18F3N3O3. The predicted molar refractivity (Wildman–Crippen MR) is 77.7 cm³/mol. The van der Waals surface area contributed by atoms with Gasteiger partial charge in [0.2, 0.25) is 0 Å². The minimum atomic E-state index is -4.80. The second kappa shape index (κ2) is 6.84. The van der Waals surface area contributed by atoms with Gasteiger partial charge in [-0.1, -0.05) is 0 Å². The first kappa shape index (κ1) is 16.8. The SMILES string of the molecule is O=C(N1CCC(NCc2cc3c(cn2)OCCO3)CC1)C(F)(F)F. The van der Waals surface area contributed by atoms with E-state index >= 15 is 0 Å². The quantitative estimate of drug-likeness (QED) is 0.899. The zero-order valence-corrected chi connectivity index (χ0v) is 12.9. The van der Waals surface area contributed by atoms with E-state index in [9.17, 15) is 18.0 Å². The molecular weight excluding hydrogens is 327 g/mol. The monoisotopic (exact) mass is 345 g/mol. The van der Waals surface area contributed by atoms with Gasteiger partial charge in [-0.2, -0.15) is 13.2 Å². The largest absolute Gasteiger partial charge is 0.486 e. The number of rotatable bonds is 3. The van der Waals surface area contributed by atoms with Crippen LogP contribution in [0.25, 0.3) is 0 Å². The molecule has 1 N–H and O–H groups in total. The number of likely N-dealkylation sites (tertiary alicyclic amines) is 1. The van der Waals surface area contributed by atoms with Gasteiger partial charge < -0.3 is 19.7 Å². The van der Waals surface area contributed by atoms with Gasteiger partial charge in [0.1, 0.15) is 13.2 Å². The molecule has 1 aromatic heterocycles. The van der Waals surface area contributed by atoms with Crippen LogP contribution in [0.1, 0.15) is 18.5 Å². The molecule has 9 heteroatoms. The molecule has 3 rings (SSSR count). The topological polar surface area (TPSA) is 63.7 Å². The van der Waals surface area contributed by atoms with Crippen LogP contribution in [0.4, 0.5) is 13.2 Å². The zero-order chi connectivity index (χ0) is 17.2. The summed E-state index contributed by atoms with van der Waals surface area (Å²) in [6.45, 7) is 1.68. The van der Waals surface area contributed by atoms with Crippen molar-refractivity contribution in [3.05, 3.63) is 18.0 Å². The highest BCUT2D eigenvalue weighted by Gasteiger charge is 2.43. The highest BCUT2D eigenvalue weighted by molar-refractivity contribution is 5.81. The Labute approximate surface area is 136 Å². The number of carbonyl (C=O) groups excluding carboxylic acids is 1. The average Bonchev–Trinajstić information content (AvgIpc) is 2.59. The first-order chi connectivity index (χ1) is 11.4. The number of halogens is 3. The van der Waals surface area contributed by atoms with Crippen LogP contribution in [0.15, 0.2) is 12.3 Å². The first-order valence-corrected chi connectivity index (χ1v) is 7.77. The second-order valence-electron chi connectivity index (χ2n) is 5.76. The summed E-state index contributed by atoms with van der Waals surface area (Å²) in [6, 6.07) is 1.85. The van der Waals surface area contributed by atoms with E-state index in [0.717, 1.165) is 10.6 Å². The van der Waals surface area contributed by atoms with Crippen molar-refractivity contribution in [2.75, 3.05) is 26.3 Å². The number of hydrogen-bond acceptors (Lipinski definition) is 5. The van der Waals surface area contributed by atoms with Crippen molar-refractivity contribution < 1.29 is 27.4 Å². The Hall–Kier alpha value is -2.03. The fourth-order valence-corrected chi connectivity index (χ4v) is 2.80. The summed E-state index contributed by atoms with van der Waals surface area (Å²) < 4.78 is 48.1. The summed E-state index contributed by atoms with van der Waals surface area (Å²) in [6.07, 6.45) is -2.23. The van der Waals surface area contributed by atoms with Gasteiger partial charge in [0.15, 0.2) is 11.5 Å². The lowest BCUT2D eigenvalue weighted by Crippen LogP contribution is -2.49. The lowest BCUT2D eigenvalue weighted by atomic mass is 10.0. The van der Waals surface area contributed by atoms with Crippen molar-refractivity contribution in [1.29, 1.82) is 0 Å². The Morgan fingerprint density at radius 1 is 1.25 bits per heavy atom. The molecule has 3 heterocycles. The van der Waals surface area contributed by atoms with E-state index in [1.165, 1.54) is 0 Å². The lowest BCUT2D eigenvalue weighted by molar-refractivity contribution is -0.186. The van der Waals surface area contributed by atoms with E-state index in [-0.39, 0.29) is 19.1 Å². The number of ether oxygens (including phenoxy) is 2. The molecule has 0 unspecified atom stereocenters. The lowest BCUT2D eigenvalue weighted by Gasteiger charge is -2.32. The summed E-state index contributed by atoms with van der Waals surface area (Å²) in [7, 11) is 0. The molecule has 6 nitrogen and oxygen atoms in total. The Bertz CT molecular complexity index is 601. The van der Waals surface area contributed by atoms with Crippen LogP contribution in [-0.4, -0.2) is 54.3 Å². The normalized spacial score (nSPS) is 18.5. The molecule has 1 amide bonds. The maximum atomic E-state index is 12.4. The third kappa shape index (κ3) is 3.89. The average molecular weight is 345 g/mol. The zero-order valence-electron chi connectivity index (χ0n) is 12.9. The second-order valence-corrected chi connectivity index (χ2v) is 5.76. The van der Waals surface area contributed by atoms with Crippen molar-refractivity contribution in [2.24, 2.45) is 0 Å². The molecule has 0 spiro atoms. The number of carbonyl (C=O) groups is 1. The fraction of sp³-hybridized carbons (Fsp3) is 0.600. The standard InChI is InChI=1S/C15H18F3N3O3/c16-15(17,18)14(22)21-3-1-10(2-4-21)19-8-11-7-12-13(9-20-11)24-6-5-23-12/h7,9-10,19H,1-6,8H2. The number of pyridine rings is 1. The van der Waals surface area contributed by atoms with E-state index in [4.69, 9.17) is 9.47 Å². The molecule has 2 aliphatic rings. The summed E-state index contributed by atoms with van der Waals surface area (Å²) in [5.74, 6) is -0.489. The molecule has 1 saturated heterocycles. The maximum Gasteiger partial charge on any atom is 0.471 e. The van der Waals surface area contributed by atoms with E-state index in [0.29, 0.717) is 44.1 Å². The molecule has 2 aliphatic heterocycles. The highest BCUT2D eigenvalue weighted by atomic mass is 19.4. The Balaban J connectivity index is 1.48. The number of piperidine rings is 1. The van der Waals surface area contributed by atoms with Crippen LogP contribution in [0.5, 0.6) is 11.5 Å². The minimum Gasteiger partial charge on any atom is -0.486 e. The minimum absolute atomic E-state index is 0.0530. The van der Waals surface area contributed by atoms with Crippen LogP contribution in [-0.2, 0) is 11.3 Å². The van der Waals surface area contributed by atoms with Crippen LogP contribution in [0.2, 0.25) is 0 Å². The predicted octanol–water partition coefficient (Wildman–Crippen LogP) is 1.50. The molecule has 0 bridgehead atoms. The number of alkyl halides is 3. The van der Waals surface area contributed by atoms with Crippen LogP contribution in [0.3, 0.4) is 0 Å². The van der Waals surface area contributed by atoms with Crippen molar-refractivity contribution >= 4 is 5.91 Å². The number of hydrogen-bond donors (Lipinski definition) is 1. The molecule has 0 aliphatic carbocycles.